The molecule has 2 bridgehead atoms. The van der Waals surface area contributed by atoms with Crippen LogP contribution in [0.2, 0.25) is 0 Å². The molecule has 0 N–H and O–H groups in total. The Morgan fingerprint density at radius 3 is 2.33 bits per heavy atom. The predicted octanol–water partition coefficient (Wildman–Crippen LogP) is 3.41. The van der Waals surface area contributed by atoms with E-state index in [1.807, 2.05) is 0 Å². The van der Waals surface area contributed by atoms with E-state index >= 15 is 0 Å². The van der Waals surface area contributed by atoms with E-state index in [1.54, 1.807) is 0 Å². The van der Waals surface area contributed by atoms with E-state index in [-0.39, 0.29) is 17.0 Å². The normalized spacial score (nSPS) is 31.1. The molecule has 3 atom stereocenters. The first-order valence-corrected chi connectivity index (χ1v) is 6.70. The highest BCUT2D eigenvalue weighted by molar-refractivity contribution is 8.93. The first kappa shape index (κ1) is 14.0. The Balaban J connectivity index is 0.00000120. The summed E-state index contributed by atoms with van der Waals surface area (Å²) in [5, 5.41) is 0. The molecule has 1 aromatic rings. The first-order valence-electron chi connectivity index (χ1n) is 6.70. The molecule has 2 fully saturated rings. The van der Waals surface area contributed by atoms with E-state index in [4.69, 9.17) is 4.74 Å². The van der Waals surface area contributed by atoms with Gasteiger partial charge in [0.15, 0.2) is 0 Å². The quantitative estimate of drug-likeness (QED) is 0.848. The fraction of sp³-hybridized carbons (Fsp3) is 0.600. The summed E-state index contributed by atoms with van der Waals surface area (Å²) < 4.78 is 6.07. The van der Waals surface area contributed by atoms with E-state index in [9.17, 15) is 0 Å². The summed E-state index contributed by atoms with van der Waals surface area (Å²) in [6.45, 7) is 0.772. The molecule has 3 rings (SSSR count). The fourth-order valence-electron chi connectivity index (χ4n) is 3.29. The first-order chi connectivity index (χ1) is 8.33. The molecule has 2 nitrogen and oxygen atoms in total. The van der Waals surface area contributed by atoms with Gasteiger partial charge in [-0.25, -0.2) is 0 Å². The summed E-state index contributed by atoms with van der Waals surface area (Å²) in [5.74, 6) is 0. The molecular weight excluding hydrogens is 290 g/mol. The predicted molar refractivity (Wildman–Crippen MR) is 79.1 cm³/mol. The molecule has 0 radical (unpaired) electrons. The highest BCUT2D eigenvalue weighted by Gasteiger charge is 2.38. The third-order valence-electron chi connectivity index (χ3n) is 4.38. The number of hydrogen-bond acceptors (Lipinski definition) is 2. The number of benzene rings is 1. The van der Waals surface area contributed by atoms with Crippen LogP contribution in [0, 0.1) is 0 Å². The van der Waals surface area contributed by atoms with Crippen LogP contribution in [-0.2, 0) is 11.3 Å². The zero-order chi connectivity index (χ0) is 11.7. The minimum atomic E-state index is 0. The summed E-state index contributed by atoms with van der Waals surface area (Å²) in [4.78, 5) is 2.56. The molecular formula is C15H22BrNO. The Labute approximate surface area is 120 Å². The van der Waals surface area contributed by atoms with Crippen molar-refractivity contribution in [1.29, 1.82) is 0 Å². The molecule has 0 saturated carbocycles. The van der Waals surface area contributed by atoms with Crippen molar-refractivity contribution in [2.24, 2.45) is 0 Å². The van der Waals surface area contributed by atoms with Crippen LogP contribution < -0.4 is 0 Å². The number of fused-ring (bicyclic) bond motifs is 2. The summed E-state index contributed by atoms with van der Waals surface area (Å²) in [5.41, 5.74) is 1.29. The molecule has 2 aliphatic rings. The summed E-state index contributed by atoms with van der Waals surface area (Å²) >= 11 is 0. The summed E-state index contributed by atoms with van der Waals surface area (Å²) in [6.07, 6.45) is 5.65. The summed E-state index contributed by atoms with van der Waals surface area (Å²) in [6, 6.07) is 12.0. The molecule has 100 valence electrons. The van der Waals surface area contributed by atoms with E-state index in [0.717, 1.165) is 18.7 Å². The van der Waals surface area contributed by atoms with Crippen molar-refractivity contribution in [3.8, 4) is 0 Å². The van der Waals surface area contributed by atoms with Gasteiger partial charge in [0.05, 0.1) is 12.7 Å². The Morgan fingerprint density at radius 1 is 1.11 bits per heavy atom. The van der Waals surface area contributed by atoms with Gasteiger partial charge >= 0.3 is 0 Å². The lowest BCUT2D eigenvalue weighted by Gasteiger charge is -2.36. The van der Waals surface area contributed by atoms with Crippen LogP contribution in [0.5, 0.6) is 0 Å². The van der Waals surface area contributed by atoms with E-state index in [0.29, 0.717) is 6.10 Å². The molecule has 0 spiro atoms. The smallest absolute Gasteiger partial charge is 0.0720 e. The molecule has 2 heterocycles. The SMILES string of the molecule is Br.CN1[C@@H]2CC[C@H]1CC(OCc1ccccc1)C2. The molecule has 0 amide bonds. The van der Waals surface area contributed by atoms with Gasteiger partial charge < -0.3 is 9.64 Å². The Kier molecular flexibility index (Phi) is 4.82. The van der Waals surface area contributed by atoms with Crippen molar-refractivity contribution in [1.82, 2.24) is 4.90 Å². The number of nitrogens with zero attached hydrogens (tertiary/aromatic N) is 1. The van der Waals surface area contributed by atoms with Crippen molar-refractivity contribution in [2.75, 3.05) is 7.05 Å². The lowest BCUT2D eigenvalue weighted by Crippen LogP contribution is -2.42. The van der Waals surface area contributed by atoms with Crippen molar-refractivity contribution in [3.63, 3.8) is 0 Å². The van der Waals surface area contributed by atoms with Gasteiger partial charge in [0.2, 0.25) is 0 Å². The van der Waals surface area contributed by atoms with E-state index in [2.05, 4.69) is 42.3 Å². The molecule has 0 aliphatic carbocycles. The maximum atomic E-state index is 6.07. The third kappa shape index (κ3) is 2.95. The average Bonchev–Trinajstić information content (AvgIpc) is 2.61. The van der Waals surface area contributed by atoms with Crippen molar-refractivity contribution in [2.45, 2.75) is 50.5 Å². The van der Waals surface area contributed by atoms with Gasteiger partial charge in [-0.3, -0.25) is 0 Å². The zero-order valence-corrected chi connectivity index (χ0v) is 12.6. The van der Waals surface area contributed by atoms with Crippen LogP contribution in [0.3, 0.4) is 0 Å². The van der Waals surface area contributed by atoms with Gasteiger partial charge in [-0.15, -0.1) is 17.0 Å². The fourth-order valence-corrected chi connectivity index (χ4v) is 3.29. The number of ether oxygens (including phenoxy) is 1. The third-order valence-corrected chi connectivity index (χ3v) is 4.38. The average molecular weight is 312 g/mol. The maximum absolute atomic E-state index is 6.07. The highest BCUT2D eigenvalue weighted by Crippen LogP contribution is 2.35. The monoisotopic (exact) mass is 311 g/mol. The minimum absolute atomic E-state index is 0. The number of rotatable bonds is 3. The topological polar surface area (TPSA) is 12.5 Å². The summed E-state index contributed by atoms with van der Waals surface area (Å²) in [7, 11) is 2.27. The van der Waals surface area contributed by atoms with Crippen LogP contribution in [0.25, 0.3) is 0 Å². The largest absolute Gasteiger partial charge is 0.373 e. The van der Waals surface area contributed by atoms with E-state index < -0.39 is 0 Å². The lowest BCUT2D eigenvalue weighted by atomic mass is 10.0. The second kappa shape index (κ2) is 6.18. The van der Waals surface area contributed by atoms with Gasteiger partial charge in [0, 0.05) is 12.1 Å². The second-order valence-electron chi connectivity index (χ2n) is 5.44. The Morgan fingerprint density at radius 2 is 1.72 bits per heavy atom. The zero-order valence-electron chi connectivity index (χ0n) is 10.9. The Hall–Kier alpha value is -0.380. The molecule has 2 saturated heterocycles. The molecule has 1 unspecified atom stereocenters. The standard InChI is InChI=1S/C15H21NO.BrH/c1-16-13-7-8-14(16)10-15(9-13)17-11-12-5-3-2-4-6-12;/h2-6,13-15H,7-11H2,1H3;1H/t13-,14+,15?;. The van der Waals surface area contributed by atoms with Crippen molar-refractivity contribution in [3.05, 3.63) is 35.9 Å². The van der Waals surface area contributed by atoms with E-state index in [1.165, 1.54) is 31.2 Å². The molecule has 3 heteroatoms. The highest BCUT2D eigenvalue weighted by atomic mass is 79.9. The molecule has 18 heavy (non-hydrogen) atoms. The van der Waals surface area contributed by atoms with Crippen LogP contribution in [0.4, 0.5) is 0 Å². The second-order valence-corrected chi connectivity index (χ2v) is 5.44. The van der Waals surface area contributed by atoms with Gasteiger partial charge in [-0.05, 0) is 38.3 Å². The van der Waals surface area contributed by atoms with Gasteiger partial charge in [0.25, 0.3) is 0 Å². The van der Waals surface area contributed by atoms with Crippen molar-refractivity contribution >= 4 is 17.0 Å². The van der Waals surface area contributed by atoms with Gasteiger partial charge in [0.1, 0.15) is 0 Å². The van der Waals surface area contributed by atoms with Crippen LogP contribution >= 0.6 is 17.0 Å². The number of hydrogen-bond donors (Lipinski definition) is 0. The van der Waals surface area contributed by atoms with Crippen LogP contribution in [0.1, 0.15) is 31.2 Å². The van der Waals surface area contributed by atoms with Crippen LogP contribution in [-0.4, -0.2) is 30.1 Å². The lowest BCUT2D eigenvalue weighted by molar-refractivity contribution is -0.0211. The maximum Gasteiger partial charge on any atom is 0.0720 e. The van der Waals surface area contributed by atoms with Crippen molar-refractivity contribution < 1.29 is 4.74 Å². The Bertz CT molecular complexity index is 356. The van der Waals surface area contributed by atoms with Gasteiger partial charge in [-0.1, -0.05) is 30.3 Å². The number of piperidine rings is 1. The van der Waals surface area contributed by atoms with Gasteiger partial charge in [-0.2, -0.15) is 0 Å². The molecule has 2 aliphatic heterocycles. The van der Waals surface area contributed by atoms with Crippen LogP contribution in [0.15, 0.2) is 30.3 Å². The molecule has 1 aromatic carbocycles. The minimum Gasteiger partial charge on any atom is -0.373 e. The number of halogens is 1. The molecule has 0 aromatic heterocycles.